The van der Waals surface area contributed by atoms with Crippen LogP contribution in [0.15, 0.2) is 48.5 Å². The molecule has 2 rings (SSSR count). The summed E-state index contributed by atoms with van der Waals surface area (Å²) in [6, 6.07) is 15.2. The van der Waals surface area contributed by atoms with Crippen molar-refractivity contribution in [2.24, 2.45) is 5.73 Å². The summed E-state index contributed by atoms with van der Waals surface area (Å²) in [5.41, 5.74) is 8.31. The third-order valence-electron chi connectivity index (χ3n) is 2.92. The molecule has 0 spiro atoms. The maximum atomic E-state index is 11.3. The first-order chi connectivity index (χ1) is 9.20. The molecule has 2 aromatic rings. The van der Waals surface area contributed by atoms with Crippen LogP contribution in [-0.2, 0) is 13.2 Å². The molecule has 0 aliphatic rings. The fraction of sp³-hybridized carbons (Fsp3) is 0.188. The molecule has 20 heavy (non-hydrogen) atoms. The molecule has 3 nitrogen and oxygen atoms in total. The number of hydrogen-bond acceptors (Lipinski definition) is 3. The predicted octanol–water partition coefficient (Wildman–Crippen LogP) is 3.35. The lowest BCUT2D eigenvalue weighted by molar-refractivity contribution is 0.101. The van der Waals surface area contributed by atoms with Crippen LogP contribution in [-0.4, -0.2) is 5.78 Å². The van der Waals surface area contributed by atoms with Crippen LogP contribution in [0.3, 0.4) is 0 Å². The number of para-hydroxylation sites is 1. The fourth-order valence-corrected chi connectivity index (χ4v) is 1.85. The molecule has 0 atom stereocenters. The molecular formula is C16H18ClNO2. The SMILES string of the molecule is CC(=O)c1cccc(COc2ccccc2CN)c1.Cl. The summed E-state index contributed by atoms with van der Waals surface area (Å²) in [6.07, 6.45) is 0. The molecule has 0 aromatic heterocycles. The van der Waals surface area contributed by atoms with Crippen LogP contribution < -0.4 is 10.5 Å². The molecule has 0 saturated heterocycles. The summed E-state index contributed by atoms with van der Waals surface area (Å²) in [5, 5.41) is 0. The zero-order chi connectivity index (χ0) is 13.7. The normalized spacial score (nSPS) is 9.70. The van der Waals surface area contributed by atoms with Gasteiger partial charge in [0.05, 0.1) is 0 Å². The van der Waals surface area contributed by atoms with Crippen LogP contribution in [0.5, 0.6) is 5.75 Å². The molecule has 0 aliphatic heterocycles. The number of Topliss-reactive ketones (excluding diaryl/α,β-unsaturated/α-hetero) is 1. The van der Waals surface area contributed by atoms with Crippen LogP contribution in [0.25, 0.3) is 0 Å². The van der Waals surface area contributed by atoms with Crippen molar-refractivity contribution in [1.29, 1.82) is 0 Å². The number of halogens is 1. The molecule has 4 heteroatoms. The highest BCUT2D eigenvalue weighted by Crippen LogP contribution is 2.19. The van der Waals surface area contributed by atoms with E-state index in [1.54, 1.807) is 13.0 Å². The second kappa shape index (κ2) is 7.68. The van der Waals surface area contributed by atoms with Crippen LogP contribution in [0.4, 0.5) is 0 Å². The highest BCUT2D eigenvalue weighted by molar-refractivity contribution is 5.94. The van der Waals surface area contributed by atoms with E-state index in [0.717, 1.165) is 16.9 Å². The molecule has 0 heterocycles. The first kappa shape index (κ1) is 16.2. The maximum absolute atomic E-state index is 11.3. The van der Waals surface area contributed by atoms with E-state index in [9.17, 15) is 4.79 Å². The lowest BCUT2D eigenvalue weighted by Crippen LogP contribution is -2.03. The van der Waals surface area contributed by atoms with Crippen LogP contribution in [0, 0.1) is 0 Å². The third kappa shape index (κ3) is 4.08. The Morgan fingerprint density at radius 1 is 1.15 bits per heavy atom. The minimum Gasteiger partial charge on any atom is -0.489 e. The Labute approximate surface area is 125 Å². The monoisotopic (exact) mass is 291 g/mol. The summed E-state index contributed by atoms with van der Waals surface area (Å²) >= 11 is 0. The van der Waals surface area contributed by atoms with Gasteiger partial charge in [-0.3, -0.25) is 4.79 Å². The number of carbonyl (C=O) groups excluding carboxylic acids is 1. The molecule has 0 radical (unpaired) electrons. The largest absolute Gasteiger partial charge is 0.489 e. The Morgan fingerprint density at radius 3 is 2.60 bits per heavy atom. The molecule has 0 saturated carbocycles. The number of carbonyl (C=O) groups is 1. The van der Waals surface area contributed by atoms with E-state index in [4.69, 9.17) is 10.5 Å². The van der Waals surface area contributed by atoms with Gasteiger partial charge >= 0.3 is 0 Å². The summed E-state index contributed by atoms with van der Waals surface area (Å²) in [5.74, 6) is 0.849. The van der Waals surface area contributed by atoms with Gasteiger partial charge in [0.25, 0.3) is 0 Å². The molecule has 0 amide bonds. The van der Waals surface area contributed by atoms with E-state index in [1.807, 2.05) is 42.5 Å². The predicted molar refractivity (Wildman–Crippen MR) is 82.4 cm³/mol. The van der Waals surface area contributed by atoms with Crippen molar-refractivity contribution in [3.8, 4) is 5.75 Å². The highest BCUT2D eigenvalue weighted by atomic mass is 35.5. The third-order valence-corrected chi connectivity index (χ3v) is 2.92. The Bertz CT molecular complexity index is 584. The molecule has 2 N–H and O–H groups in total. The van der Waals surface area contributed by atoms with E-state index < -0.39 is 0 Å². The van der Waals surface area contributed by atoms with Gasteiger partial charge in [0, 0.05) is 17.7 Å². The van der Waals surface area contributed by atoms with E-state index in [1.165, 1.54) is 0 Å². The van der Waals surface area contributed by atoms with Crippen LogP contribution in [0.1, 0.15) is 28.4 Å². The number of hydrogen-bond donors (Lipinski definition) is 1. The van der Waals surface area contributed by atoms with Crippen molar-refractivity contribution in [2.75, 3.05) is 0 Å². The van der Waals surface area contributed by atoms with E-state index >= 15 is 0 Å². The summed E-state index contributed by atoms with van der Waals surface area (Å²) in [7, 11) is 0. The minimum atomic E-state index is 0. The molecule has 106 valence electrons. The Morgan fingerprint density at radius 2 is 1.90 bits per heavy atom. The number of benzene rings is 2. The Kier molecular flexibility index (Phi) is 6.22. The minimum absolute atomic E-state index is 0. The number of rotatable bonds is 5. The van der Waals surface area contributed by atoms with Crippen molar-refractivity contribution in [3.05, 3.63) is 65.2 Å². The van der Waals surface area contributed by atoms with E-state index in [0.29, 0.717) is 18.7 Å². The quantitative estimate of drug-likeness (QED) is 0.860. The van der Waals surface area contributed by atoms with Crippen molar-refractivity contribution in [1.82, 2.24) is 0 Å². The van der Waals surface area contributed by atoms with Crippen molar-refractivity contribution in [2.45, 2.75) is 20.1 Å². The first-order valence-corrected chi connectivity index (χ1v) is 6.21. The van der Waals surface area contributed by atoms with Crippen LogP contribution >= 0.6 is 12.4 Å². The van der Waals surface area contributed by atoms with Gasteiger partial charge in [-0.15, -0.1) is 12.4 Å². The smallest absolute Gasteiger partial charge is 0.159 e. The van der Waals surface area contributed by atoms with Crippen molar-refractivity contribution >= 4 is 18.2 Å². The zero-order valence-electron chi connectivity index (χ0n) is 11.3. The second-order valence-corrected chi connectivity index (χ2v) is 4.36. The van der Waals surface area contributed by atoms with Crippen molar-refractivity contribution in [3.63, 3.8) is 0 Å². The maximum Gasteiger partial charge on any atom is 0.159 e. The standard InChI is InChI=1S/C16H17NO2.ClH/c1-12(18)14-7-4-5-13(9-14)11-19-16-8-3-2-6-15(16)10-17;/h2-9H,10-11,17H2,1H3;1H. The number of nitrogens with two attached hydrogens (primary N) is 1. The fourth-order valence-electron chi connectivity index (χ4n) is 1.85. The summed E-state index contributed by atoms with van der Waals surface area (Å²) in [4.78, 5) is 11.3. The highest BCUT2D eigenvalue weighted by Gasteiger charge is 2.03. The van der Waals surface area contributed by atoms with Gasteiger partial charge < -0.3 is 10.5 Å². The topological polar surface area (TPSA) is 52.3 Å². The van der Waals surface area contributed by atoms with Gasteiger partial charge in [0.2, 0.25) is 0 Å². The van der Waals surface area contributed by atoms with Gasteiger partial charge in [-0.25, -0.2) is 0 Å². The molecular weight excluding hydrogens is 274 g/mol. The lowest BCUT2D eigenvalue weighted by atomic mass is 10.1. The van der Waals surface area contributed by atoms with Gasteiger partial charge in [-0.05, 0) is 24.6 Å². The van der Waals surface area contributed by atoms with Crippen molar-refractivity contribution < 1.29 is 9.53 Å². The molecule has 0 aliphatic carbocycles. The van der Waals surface area contributed by atoms with E-state index in [-0.39, 0.29) is 18.2 Å². The Hall–Kier alpha value is -1.84. The number of ketones is 1. The number of ether oxygens (including phenoxy) is 1. The average molecular weight is 292 g/mol. The first-order valence-electron chi connectivity index (χ1n) is 6.21. The summed E-state index contributed by atoms with van der Waals surface area (Å²) < 4.78 is 5.76. The molecule has 2 aromatic carbocycles. The summed E-state index contributed by atoms with van der Waals surface area (Å²) in [6.45, 7) is 2.44. The van der Waals surface area contributed by atoms with Gasteiger partial charge in [-0.2, -0.15) is 0 Å². The van der Waals surface area contributed by atoms with Gasteiger partial charge in [0.1, 0.15) is 12.4 Å². The Balaban J connectivity index is 0.00000200. The molecule has 0 unspecified atom stereocenters. The average Bonchev–Trinajstić information content (AvgIpc) is 2.45. The van der Waals surface area contributed by atoms with Crippen LogP contribution in [0.2, 0.25) is 0 Å². The molecule has 0 bridgehead atoms. The molecule has 0 fully saturated rings. The van der Waals surface area contributed by atoms with E-state index in [2.05, 4.69) is 0 Å². The lowest BCUT2D eigenvalue weighted by Gasteiger charge is -2.10. The second-order valence-electron chi connectivity index (χ2n) is 4.36. The van der Waals surface area contributed by atoms with Gasteiger partial charge in [0.15, 0.2) is 5.78 Å². The zero-order valence-corrected chi connectivity index (χ0v) is 12.2. The van der Waals surface area contributed by atoms with Gasteiger partial charge in [-0.1, -0.05) is 36.4 Å².